The SMILES string of the molecule is C1=CC=CN(C23CC4CC(CC(C4)C2)C3)C=C1. The summed E-state index contributed by atoms with van der Waals surface area (Å²) < 4.78 is 0. The highest BCUT2D eigenvalue weighted by molar-refractivity contribution is 5.20. The summed E-state index contributed by atoms with van der Waals surface area (Å²) >= 11 is 0. The van der Waals surface area contributed by atoms with Gasteiger partial charge in [0, 0.05) is 17.9 Å². The average Bonchev–Trinajstić information content (AvgIpc) is 2.55. The zero-order valence-corrected chi connectivity index (χ0v) is 10.4. The Labute approximate surface area is 104 Å². The number of hydrogen-bond donors (Lipinski definition) is 0. The van der Waals surface area contributed by atoms with Crippen LogP contribution in [0.3, 0.4) is 0 Å². The van der Waals surface area contributed by atoms with E-state index in [1.807, 2.05) is 0 Å². The molecule has 1 heterocycles. The maximum atomic E-state index is 2.54. The third-order valence-corrected chi connectivity index (χ3v) is 5.38. The van der Waals surface area contributed by atoms with Gasteiger partial charge in [0.05, 0.1) is 0 Å². The third-order valence-electron chi connectivity index (χ3n) is 5.38. The lowest BCUT2D eigenvalue weighted by Crippen LogP contribution is -2.56. The first-order chi connectivity index (χ1) is 8.34. The molecule has 0 radical (unpaired) electrons. The molecular formula is C16H21N. The van der Waals surface area contributed by atoms with Crippen molar-refractivity contribution in [2.75, 3.05) is 0 Å². The van der Waals surface area contributed by atoms with E-state index in [-0.39, 0.29) is 0 Å². The molecule has 4 fully saturated rings. The highest BCUT2D eigenvalue weighted by atomic mass is 15.2. The molecule has 1 aliphatic heterocycles. The summed E-state index contributed by atoms with van der Waals surface area (Å²) in [6.07, 6.45) is 22.1. The molecule has 1 nitrogen and oxygen atoms in total. The summed E-state index contributed by atoms with van der Waals surface area (Å²) in [5, 5.41) is 0. The van der Waals surface area contributed by atoms with Crippen molar-refractivity contribution in [2.24, 2.45) is 17.8 Å². The van der Waals surface area contributed by atoms with E-state index in [4.69, 9.17) is 0 Å². The van der Waals surface area contributed by atoms with Crippen LogP contribution >= 0.6 is 0 Å². The fraction of sp³-hybridized carbons (Fsp3) is 0.625. The predicted molar refractivity (Wildman–Crippen MR) is 70.2 cm³/mol. The Morgan fingerprint density at radius 3 is 1.65 bits per heavy atom. The van der Waals surface area contributed by atoms with Crippen LogP contribution in [0.2, 0.25) is 0 Å². The molecule has 0 atom stereocenters. The van der Waals surface area contributed by atoms with Crippen molar-refractivity contribution >= 4 is 0 Å². The van der Waals surface area contributed by atoms with Crippen LogP contribution in [0, 0.1) is 17.8 Å². The van der Waals surface area contributed by atoms with Crippen LogP contribution in [0.25, 0.3) is 0 Å². The van der Waals surface area contributed by atoms with Gasteiger partial charge >= 0.3 is 0 Å². The molecule has 5 rings (SSSR count). The van der Waals surface area contributed by atoms with Crippen molar-refractivity contribution in [3.63, 3.8) is 0 Å². The van der Waals surface area contributed by atoms with Gasteiger partial charge < -0.3 is 4.90 Å². The zero-order chi connectivity index (χ0) is 11.3. The predicted octanol–water partition coefficient (Wildman–Crippen LogP) is 3.85. The van der Waals surface area contributed by atoms with E-state index in [9.17, 15) is 0 Å². The fourth-order valence-electron chi connectivity index (χ4n) is 5.16. The lowest BCUT2D eigenvalue weighted by molar-refractivity contribution is -0.0552. The van der Waals surface area contributed by atoms with Gasteiger partial charge in [-0.2, -0.15) is 0 Å². The summed E-state index contributed by atoms with van der Waals surface area (Å²) in [6, 6.07) is 0. The molecule has 1 heteroatoms. The molecule has 0 amide bonds. The summed E-state index contributed by atoms with van der Waals surface area (Å²) in [6.45, 7) is 0. The van der Waals surface area contributed by atoms with Gasteiger partial charge in [-0.05, 0) is 68.4 Å². The smallest absolute Gasteiger partial charge is 0.0447 e. The highest BCUT2D eigenvalue weighted by Gasteiger charge is 2.52. The first-order valence-electron chi connectivity index (χ1n) is 7.14. The highest BCUT2D eigenvalue weighted by Crippen LogP contribution is 2.58. The Morgan fingerprint density at radius 1 is 0.706 bits per heavy atom. The van der Waals surface area contributed by atoms with Crippen LogP contribution in [0.1, 0.15) is 38.5 Å². The Bertz CT molecular complexity index is 350. The van der Waals surface area contributed by atoms with Gasteiger partial charge in [-0.15, -0.1) is 0 Å². The minimum Gasteiger partial charge on any atom is -0.348 e. The van der Waals surface area contributed by atoms with Crippen molar-refractivity contribution < 1.29 is 0 Å². The number of nitrogens with zero attached hydrogens (tertiary/aromatic N) is 1. The lowest BCUT2D eigenvalue weighted by Gasteiger charge is -2.59. The maximum Gasteiger partial charge on any atom is 0.0447 e. The molecule has 0 N–H and O–H groups in total. The third kappa shape index (κ3) is 1.51. The van der Waals surface area contributed by atoms with Gasteiger partial charge in [0.25, 0.3) is 0 Å². The molecule has 0 unspecified atom stereocenters. The van der Waals surface area contributed by atoms with Gasteiger partial charge in [-0.25, -0.2) is 0 Å². The molecule has 90 valence electrons. The topological polar surface area (TPSA) is 3.24 Å². The van der Waals surface area contributed by atoms with Crippen LogP contribution in [0.15, 0.2) is 36.7 Å². The first-order valence-corrected chi connectivity index (χ1v) is 7.14. The average molecular weight is 227 g/mol. The zero-order valence-electron chi connectivity index (χ0n) is 10.4. The van der Waals surface area contributed by atoms with E-state index in [2.05, 4.69) is 41.6 Å². The van der Waals surface area contributed by atoms with Crippen molar-refractivity contribution in [2.45, 2.75) is 44.1 Å². The van der Waals surface area contributed by atoms with E-state index in [0.29, 0.717) is 5.54 Å². The van der Waals surface area contributed by atoms with E-state index < -0.39 is 0 Å². The monoisotopic (exact) mass is 227 g/mol. The van der Waals surface area contributed by atoms with Crippen LogP contribution in [0.4, 0.5) is 0 Å². The molecule has 17 heavy (non-hydrogen) atoms. The quantitative estimate of drug-likeness (QED) is 0.657. The van der Waals surface area contributed by atoms with Gasteiger partial charge in [0.1, 0.15) is 0 Å². The van der Waals surface area contributed by atoms with E-state index in [0.717, 1.165) is 17.8 Å². The van der Waals surface area contributed by atoms with Gasteiger partial charge in [0.2, 0.25) is 0 Å². The van der Waals surface area contributed by atoms with E-state index >= 15 is 0 Å². The van der Waals surface area contributed by atoms with Gasteiger partial charge in [-0.1, -0.05) is 12.2 Å². The van der Waals surface area contributed by atoms with Crippen molar-refractivity contribution in [3.05, 3.63) is 36.7 Å². The molecule has 4 saturated carbocycles. The summed E-state index contributed by atoms with van der Waals surface area (Å²) in [5.74, 6) is 3.08. The molecule has 0 aromatic rings. The molecular weight excluding hydrogens is 206 g/mol. The molecule has 5 aliphatic rings. The maximum absolute atomic E-state index is 2.54. The Morgan fingerprint density at radius 2 is 1.18 bits per heavy atom. The van der Waals surface area contributed by atoms with Gasteiger partial charge in [0.15, 0.2) is 0 Å². The van der Waals surface area contributed by atoms with Crippen LogP contribution < -0.4 is 0 Å². The minimum absolute atomic E-state index is 0.480. The van der Waals surface area contributed by atoms with Crippen LogP contribution in [-0.4, -0.2) is 10.4 Å². The van der Waals surface area contributed by atoms with E-state index in [1.165, 1.54) is 38.5 Å². The molecule has 0 saturated heterocycles. The first kappa shape index (κ1) is 9.99. The second-order valence-electron chi connectivity index (χ2n) is 6.62. The van der Waals surface area contributed by atoms with Crippen molar-refractivity contribution in [3.8, 4) is 0 Å². The second kappa shape index (κ2) is 3.51. The lowest BCUT2D eigenvalue weighted by atomic mass is 9.52. The summed E-state index contributed by atoms with van der Waals surface area (Å²) in [4.78, 5) is 2.54. The Balaban J connectivity index is 1.68. The van der Waals surface area contributed by atoms with Crippen LogP contribution in [0.5, 0.6) is 0 Å². The number of rotatable bonds is 1. The van der Waals surface area contributed by atoms with Crippen molar-refractivity contribution in [1.82, 2.24) is 4.90 Å². The molecule has 0 spiro atoms. The molecule has 0 aromatic carbocycles. The van der Waals surface area contributed by atoms with E-state index in [1.54, 1.807) is 0 Å². The molecule has 4 aliphatic carbocycles. The second-order valence-corrected chi connectivity index (χ2v) is 6.62. The largest absolute Gasteiger partial charge is 0.348 e. The van der Waals surface area contributed by atoms with Gasteiger partial charge in [-0.3, -0.25) is 0 Å². The van der Waals surface area contributed by atoms with Crippen LogP contribution in [-0.2, 0) is 0 Å². The Hall–Kier alpha value is -0.980. The molecule has 0 aromatic heterocycles. The number of hydrogen-bond acceptors (Lipinski definition) is 1. The van der Waals surface area contributed by atoms with Crippen molar-refractivity contribution in [1.29, 1.82) is 0 Å². The normalized spacial score (nSPS) is 46.6. The fourth-order valence-corrected chi connectivity index (χ4v) is 5.16. The number of allylic oxidation sites excluding steroid dienone is 4. The summed E-state index contributed by atoms with van der Waals surface area (Å²) in [7, 11) is 0. The minimum atomic E-state index is 0.480. The molecule has 4 bridgehead atoms. The standard InChI is InChI=1S/C16H21N/c1-2-4-6-17(5-3-1)16-10-13-7-14(11-16)9-15(8-13)12-16/h1-6,13-15H,7-12H2. The summed E-state index contributed by atoms with van der Waals surface area (Å²) in [5.41, 5.74) is 0.480. The Kier molecular flexibility index (Phi) is 2.06.